The van der Waals surface area contributed by atoms with Crippen molar-refractivity contribution >= 4 is 9.03 Å². The molecule has 1 fully saturated rings. The number of nitrogens with zero attached hydrogens (tertiary/aromatic N) is 1. The summed E-state index contributed by atoms with van der Waals surface area (Å²) in [5.74, 6) is 0. The van der Waals surface area contributed by atoms with Crippen molar-refractivity contribution in [1.82, 2.24) is 4.90 Å². The van der Waals surface area contributed by atoms with Crippen LogP contribution >= 0.6 is 9.03 Å². The average molecular weight is 179 g/mol. The second-order valence-corrected chi connectivity index (χ2v) is 2.79. The van der Waals surface area contributed by atoms with Gasteiger partial charge < -0.3 is 14.7 Å². The summed E-state index contributed by atoms with van der Waals surface area (Å²) < 4.78 is 0. The van der Waals surface area contributed by atoms with Gasteiger partial charge in [0.2, 0.25) is 0 Å². The van der Waals surface area contributed by atoms with E-state index < -0.39 is 9.03 Å². The van der Waals surface area contributed by atoms with Crippen LogP contribution < -0.4 is 0 Å². The van der Waals surface area contributed by atoms with Crippen LogP contribution in [0.1, 0.15) is 26.2 Å². The second-order valence-electron chi connectivity index (χ2n) is 2.59. The topological polar surface area (TPSA) is 43.7 Å². The van der Waals surface area contributed by atoms with Crippen LogP contribution in [0.25, 0.3) is 0 Å². The van der Waals surface area contributed by atoms with Crippen molar-refractivity contribution in [2.75, 3.05) is 19.6 Å². The Morgan fingerprint density at radius 2 is 1.64 bits per heavy atom. The van der Waals surface area contributed by atoms with E-state index in [1.807, 2.05) is 0 Å². The first-order chi connectivity index (χ1) is 5.35. The van der Waals surface area contributed by atoms with E-state index in [1.54, 1.807) is 0 Å². The predicted octanol–water partition coefficient (Wildman–Crippen LogP) is 0.972. The Bertz CT molecular complexity index is 76.8. The van der Waals surface area contributed by atoms with Crippen molar-refractivity contribution in [2.24, 2.45) is 0 Å². The van der Waals surface area contributed by atoms with Gasteiger partial charge in [0.15, 0.2) is 0 Å². The molecule has 3 nitrogen and oxygen atoms in total. The summed E-state index contributed by atoms with van der Waals surface area (Å²) in [5, 5.41) is 0. The van der Waals surface area contributed by atoms with Gasteiger partial charge >= 0.3 is 0 Å². The number of rotatable bonds is 1. The van der Waals surface area contributed by atoms with Crippen LogP contribution in [0.5, 0.6) is 0 Å². The number of piperidine rings is 1. The smallest absolute Gasteiger partial charge is 0.149 e. The Labute approximate surface area is 70.4 Å². The first-order valence-electron chi connectivity index (χ1n) is 4.10. The van der Waals surface area contributed by atoms with Gasteiger partial charge in [-0.2, -0.15) is 0 Å². The van der Waals surface area contributed by atoms with Gasteiger partial charge in [-0.15, -0.1) is 0 Å². The first-order valence-corrected chi connectivity index (χ1v) is 5.00. The number of hydrogen-bond donors (Lipinski definition) is 2. The zero-order valence-electron chi connectivity index (χ0n) is 7.08. The summed E-state index contributed by atoms with van der Waals surface area (Å²) in [4.78, 5) is 16.8. The molecule has 4 heteroatoms. The second kappa shape index (κ2) is 8.41. The van der Waals surface area contributed by atoms with Crippen LogP contribution in [-0.2, 0) is 0 Å². The summed E-state index contributed by atoms with van der Waals surface area (Å²) in [6.07, 6.45) is 4.30. The zero-order chi connectivity index (χ0) is 8.53. The molecule has 1 rings (SSSR count). The van der Waals surface area contributed by atoms with Gasteiger partial charge in [-0.05, 0) is 32.5 Å². The summed E-state index contributed by atoms with van der Waals surface area (Å²) in [6.45, 7) is 6.18. The van der Waals surface area contributed by atoms with Gasteiger partial charge in [0, 0.05) is 0 Å². The number of hydrogen-bond acceptors (Lipinski definition) is 3. The van der Waals surface area contributed by atoms with E-state index in [1.165, 1.54) is 38.9 Å². The molecule has 0 bridgehead atoms. The van der Waals surface area contributed by atoms with Gasteiger partial charge in [-0.3, -0.25) is 0 Å². The van der Waals surface area contributed by atoms with Crippen LogP contribution in [0.2, 0.25) is 0 Å². The molecule has 11 heavy (non-hydrogen) atoms. The molecule has 0 aromatic rings. The van der Waals surface area contributed by atoms with Gasteiger partial charge in [0.1, 0.15) is 9.03 Å². The Morgan fingerprint density at radius 1 is 1.18 bits per heavy atom. The maximum atomic E-state index is 7.15. The highest BCUT2D eigenvalue weighted by Gasteiger charge is 2.05. The summed E-state index contributed by atoms with van der Waals surface area (Å²) in [7, 11) is -0.917. The van der Waals surface area contributed by atoms with Crippen molar-refractivity contribution in [1.29, 1.82) is 0 Å². The molecule has 0 unspecified atom stereocenters. The SMILES string of the molecule is CCN1CCCCC1.OPO. The maximum absolute atomic E-state index is 7.15. The van der Waals surface area contributed by atoms with Crippen LogP contribution in [0.15, 0.2) is 0 Å². The molecule has 0 radical (unpaired) electrons. The molecular formula is C7H18NO2P. The Balaban J connectivity index is 0.000000292. The quantitative estimate of drug-likeness (QED) is 0.589. The fraction of sp³-hybridized carbons (Fsp3) is 1.00. The Hall–Kier alpha value is 0.310. The lowest BCUT2D eigenvalue weighted by Crippen LogP contribution is -2.29. The van der Waals surface area contributed by atoms with E-state index in [0.717, 1.165) is 0 Å². The third kappa shape index (κ3) is 6.70. The summed E-state index contributed by atoms with van der Waals surface area (Å²) >= 11 is 0. The molecule has 0 aromatic heterocycles. The standard InChI is InChI=1S/C7H15N.H3O2P/c1-2-8-6-4-3-5-7-8;1-3-2/h2-7H2,1H3;1-3H. The highest BCUT2D eigenvalue weighted by molar-refractivity contribution is 7.23. The van der Waals surface area contributed by atoms with Gasteiger partial charge in [-0.25, -0.2) is 0 Å². The summed E-state index contributed by atoms with van der Waals surface area (Å²) in [5.41, 5.74) is 0. The van der Waals surface area contributed by atoms with Gasteiger partial charge in [-0.1, -0.05) is 13.3 Å². The molecule has 1 saturated heterocycles. The van der Waals surface area contributed by atoms with Crippen molar-refractivity contribution < 1.29 is 9.79 Å². The molecule has 0 aromatic carbocycles. The highest BCUT2D eigenvalue weighted by Crippen LogP contribution is 2.06. The van der Waals surface area contributed by atoms with Crippen molar-refractivity contribution in [3.05, 3.63) is 0 Å². The summed E-state index contributed by atoms with van der Waals surface area (Å²) in [6, 6.07) is 0. The van der Waals surface area contributed by atoms with Crippen LogP contribution in [0.4, 0.5) is 0 Å². The minimum Gasteiger partial charge on any atom is -0.352 e. The van der Waals surface area contributed by atoms with E-state index in [0.29, 0.717) is 0 Å². The molecule has 0 saturated carbocycles. The lowest BCUT2D eigenvalue weighted by molar-refractivity contribution is 0.240. The Kier molecular flexibility index (Phi) is 8.64. The maximum Gasteiger partial charge on any atom is 0.149 e. The lowest BCUT2D eigenvalue weighted by atomic mass is 10.1. The highest BCUT2D eigenvalue weighted by atomic mass is 31.1. The predicted molar refractivity (Wildman–Crippen MR) is 48.7 cm³/mol. The largest absolute Gasteiger partial charge is 0.352 e. The third-order valence-electron chi connectivity index (χ3n) is 1.90. The van der Waals surface area contributed by atoms with Crippen LogP contribution in [0, 0.1) is 0 Å². The van der Waals surface area contributed by atoms with E-state index in [2.05, 4.69) is 11.8 Å². The normalized spacial score (nSPS) is 18.8. The van der Waals surface area contributed by atoms with E-state index >= 15 is 0 Å². The minimum atomic E-state index is -0.917. The molecule has 0 aliphatic carbocycles. The fourth-order valence-electron chi connectivity index (χ4n) is 1.28. The van der Waals surface area contributed by atoms with Crippen LogP contribution in [0.3, 0.4) is 0 Å². The third-order valence-corrected chi connectivity index (χ3v) is 1.90. The van der Waals surface area contributed by atoms with Gasteiger partial charge in [0.05, 0.1) is 0 Å². The molecule has 0 spiro atoms. The van der Waals surface area contributed by atoms with Crippen LogP contribution in [-0.4, -0.2) is 34.3 Å². The van der Waals surface area contributed by atoms with E-state index in [9.17, 15) is 0 Å². The molecule has 1 heterocycles. The zero-order valence-corrected chi connectivity index (χ0v) is 8.08. The van der Waals surface area contributed by atoms with E-state index in [-0.39, 0.29) is 0 Å². The molecule has 68 valence electrons. The van der Waals surface area contributed by atoms with E-state index in [4.69, 9.17) is 9.79 Å². The minimum absolute atomic E-state index is 0.917. The molecule has 0 atom stereocenters. The monoisotopic (exact) mass is 179 g/mol. The van der Waals surface area contributed by atoms with Crippen molar-refractivity contribution in [3.8, 4) is 0 Å². The molecule has 1 aliphatic rings. The Morgan fingerprint density at radius 3 is 1.91 bits per heavy atom. The van der Waals surface area contributed by atoms with Crippen molar-refractivity contribution in [3.63, 3.8) is 0 Å². The molecule has 0 amide bonds. The number of likely N-dealkylation sites (tertiary alicyclic amines) is 1. The molecule has 1 aliphatic heterocycles. The fourth-order valence-corrected chi connectivity index (χ4v) is 1.28. The van der Waals surface area contributed by atoms with Gasteiger partial charge in [0.25, 0.3) is 0 Å². The molecule has 2 N–H and O–H groups in total. The average Bonchev–Trinajstić information content (AvgIpc) is 2.08. The lowest BCUT2D eigenvalue weighted by Gasteiger charge is -2.24. The molecular weight excluding hydrogens is 161 g/mol. The van der Waals surface area contributed by atoms with Crippen molar-refractivity contribution in [2.45, 2.75) is 26.2 Å². The first kappa shape index (κ1) is 11.3.